The van der Waals surface area contributed by atoms with Crippen LogP contribution in [0.25, 0.3) is 6.08 Å². The SMILES string of the molecule is COC(=O)CC=Cc1cc(O)ccc1Cl. The predicted molar refractivity (Wildman–Crippen MR) is 58.8 cm³/mol. The molecule has 0 fully saturated rings. The van der Waals surface area contributed by atoms with Crippen molar-refractivity contribution in [2.45, 2.75) is 6.42 Å². The number of esters is 1. The molecule has 0 atom stereocenters. The van der Waals surface area contributed by atoms with Gasteiger partial charge in [-0.1, -0.05) is 23.8 Å². The van der Waals surface area contributed by atoms with Gasteiger partial charge in [-0.2, -0.15) is 0 Å². The number of hydrogen-bond acceptors (Lipinski definition) is 3. The van der Waals surface area contributed by atoms with Crippen molar-refractivity contribution >= 4 is 23.6 Å². The zero-order valence-corrected chi connectivity index (χ0v) is 8.99. The lowest BCUT2D eigenvalue weighted by Gasteiger charge is -1.98. The zero-order chi connectivity index (χ0) is 11.3. The van der Waals surface area contributed by atoms with Crippen LogP contribution in [-0.2, 0) is 9.53 Å². The van der Waals surface area contributed by atoms with Crippen LogP contribution in [0.1, 0.15) is 12.0 Å². The molecule has 0 saturated carbocycles. The fraction of sp³-hybridized carbons (Fsp3) is 0.182. The van der Waals surface area contributed by atoms with Crippen LogP contribution >= 0.6 is 11.6 Å². The molecule has 0 spiro atoms. The van der Waals surface area contributed by atoms with Crippen LogP contribution in [0.2, 0.25) is 5.02 Å². The fourth-order valence-electron chi connectivity index (χ4n) is 1.02. The highest BCUT2D eigenvalue weighted by Crippen LogP contribution is 2.22. The van der Waals surface area contributed by atoms with Crippen molar-refractivity contribution in [2.75, 3.05) is 7.11 Å². The van der Waals surface area contributed by atoms with Crippen molar-refractivity contribution < 1.29 is 14.6 Å². The lowest BCUT2D eigenvalue weighted by Crippen LogP contribution is -1.96. The molecule has 1 aromatic carbocycles. The summed E-state index contributed by atoms with van der Waals surface area (Å²) in [5.41, 5.74) is 0.667. The molecule has 0 amide bonds. The number of methoxy groups -OCH3 is 1. The summed E-state index contributed by atoms with van der Waals surface area (Å²) in [6.07, 6.45) is 3.48. The highest BCUT2D eigenvalue weighted by Gasteiger charge is 1.99. The third kappa shape index (κ3) is 3.64. The summed E-state index contributed by atoms with van der Waals surface area (Å²) in [5, 5.41) is 9.73. The summed E-state index contributed by atoms with van der Waals surface area (Å²) in [6.45, 7) is 0. The van der Waals surface area contributed by atoms with Gasteiger partial charge in [0.2, 0.25) is 0 Å². The van der Waals surface area contributed by atoms with Crippen molar-refractivity contribution in [3.8, 4) is 5.75 Å². The Labute approximate surface area is 92.9 Å². The normalized spacial score (nSPS) is 10.5. The van der Waals surface area contributed by atoms with E-state index in [0.29, 0.717) is 10.6 Å². The van der Waals surface area contributed by atoms with Gasteiger partial charge in [-0.3, -0.25) is 4.79 Å². The van der Waals surface area contributed by atoms with E-state index in [-0.39, 0.29) is 18.1 Å². The van der Waals surface area contributed by atoms with E-state index in [1.54, 1.807) is 18.2 Å². The smallest absolute Gasteiger partial charge is 0.309 e. The monoisotopic (exact) mass is 226 g/mol. The molecule has 1 N–H and O–H groups in total. The average Bonchev–Trinajstić information content (AvgIpc) is 2.23. The van der Waals surface area contributed by atoms with Crippen LogP contribution in [0, 0.1) is 0 Å². The van der Waals surface area contributed by atoms with E-state index in [1.807, 2.05) is 0 Å². The van der Waals surface area contributed by atoms with Crippen LogP contribution in [0.4, 0.5) is 0 Å². The van der Waals surface area contributed by atoms with Crippen molar-refractivity contribution in [1.29, 1.82) is 0 Å². The molecule has 3 nitrogen and oxygen atoms in total. The first-order valence-corrected chi connectivity index (χ1v) is 4.73. The number of carbonyl (C=O) groups excluding carboxylic acids is 1. The summed E-state index contributed by atoms with van der Waals surface area (Å²) in [5.74, 6) is -0.181. The lowest BCUT2D eigenvalue weighted by atomic mass is 10.2. The number of ether oxygens (including phenoxy) is 1. The number of phenolic OH excluding ortho intramolecular Hbond substituents is 1. The minimum absolute atomic E-state index is 0.136. The van der Waals surface area contributed by atoms with Crippen LogP contribution in [0.3, 0.4) is 0 Å². The van der Waals surface area contributed by atoms with E-state index >= 15 is 0 Å². The van der Waals surface area contributed by atoms with Gasteiger partial charge in [0, 0.05) is 5.02 Å². The third-order valence-electron chi connectivity index (χ3n) is 1.79. The van der Waals surface area contributed by atoms with Gasteiger partial charge >= 0.3 is 5.97 Å². The minimum atomic E-state index is -0.317. The summed E-state index contributed by atoms with van der Waals surface area (Å²) >= 11 is 5.87. The van der Waals surface area contributed by atoms with E-state index in [2.05, 4.69) is 4.74 Å². The predicted octanol–water partition coefficient (Wildman–Crippen LogP) is 2.62. The molecule has 80 valence electrons. The molecule has 1 aromatic rings. The van der Waals surface area contributed by atoms with E-state index in [0.717, 1.165) is 0 Å². The second-order valence-electron chi connectivity index (χ2n) is 2.89. The Bertz CT molecular complexity index is 385. The lowest BCUT2D eigenvalue weighted by molar-refractivity contribution is -0.139. The Morgan fingerprint density at radius 2 is 2.33 bits per heavy atom. The Hall–Kier alpha value is -1.48. The quantitative estimate of drug-likeness (QED) is 0.806. The number of rotatable bonds is 3. The van der Waals surface area contributed by atoms with Gasteiger partial charge in [0.1, 0.15) is 5.75 Å². The number of aromatic hydroxyl groups is 1. The maximum Gasteiger partial charge on any atom is 0.309 e. The van der Waals surface area contributed by atoms with Gasteiger partial charge in [-0.25, -0.2) is 0 Å². The van der Waals surface area contributed by atoms with Gasteiger partial charge in [-0.15, -0.1) is 0 Å². The van der Waals surface area contributed by atoms with Crippen LogP contribution in [0.15, 0.2) is 24.3 Å². The summed E-state index contributed by atoms with van der Waals surface area (Å²) in [7, 11) is 1.33. The van der Waals surface area contributed by atoms with Crippen molar-refractivity contribution in [2.24, 2.45) is 0 Å². The molecule has 0 saturated heterocycles. The standard InChI is InChI=1S/C11H11ClO3/c1-15-11(14)4-2-3-8-7-9(13)5-6-10(8)12/h2-3,5-7,13H,4H2,1H3. The van der Waals surface area contributed by atoms with Crippen LogP contribution in [-0.4, -0.2) is 18.2 Å². The Kier molecular flexibility index (Phi) is 4.18. The van der Waals surface area contributed by atoms with Gasteiger partial charge in [0.05, 0.1) is 13.5 Å². The summed E-state index contributed by atoms with van der Waals surface area (Å²) in [6, 6.07) is 4.62. The first-order valence-electron chi connectivity index (χ1n) is 4.35. The van der Waals surface area contributed by atoms with Crippen molar-refractivity contribution in [3.05, 3.63) is 34.9 Å². The van der Waals surface area contributed by atoms with Crippen molar-refractivity contribution in [3.63, 3.8) is 0 Å². The van der Waals surface area contributed by atoms with Gasteiger partial charge in [0.15, 0.2) is 0 Å². The molecule has 0 bridgehead atoms. The summed E-state index contributed by atoms with van der Waals surface area (Å²) in [4.78, 5) is 10.8. The fourth-order valence-corrected chi connectivity index (χ4v) is 1.20. The number of phenols is 1. The molecule has 0 aliphatic rings. The largest absolute Gasteiger partial charge is 0.508 e. The van der Waals surface area contributed by atoms with E-state index in [1.165, 1.54) is 19.2 Å². The van der Waals surface area contributed by atoms with Crippen LogP contribution < -0.4 is 0 Å². The number of carbonyl (C=O) groups is 1. The van der Waals surface area contributed by atoms with Gasteiger partial charge < -0.3 is 9.84 Å². The molecule has 0 radical (unpaired) electrons. The Balaban J connectivity index is 2.71. The highest BCUT2D eigenvalue weighted by atomic mass is 35.5. The molecule has 1 rings (SSSR count). The molecule has 0 heterocycles. The molecule has 0 aromatic heterocycles. The average molecular weight is 227 g/mol. The zero-order valence-electron chi connectivity index (χ0n) is 8.24. The first kappa shape index (κ1) is 11.6. The molecule has 0 aliphatic heterocycles. The van der Waals surface area contributed by atoms with Crippen molar-refractivity contribution in [1.82, 2.24) is 0 Å². The maximum atomic E-state index is 10.8. The molecular weight excluding hydrogens is 216 g/mol. The Morgan fingerprint density at radius 3 is 3.00 bits per heavy atom. The van der Waals surface area contributed by atoms with E-state index in [9.17, 15) is 9.90 Å². The van der Waals surface area contributed by atoms with Gasteiger partial charge in [-0.05, 0) is 23.8 Å². The first-order chi connectivity index (χ1) is 7.13. The molecule has 0 unspecified atom stereocenters. The number of hydrogen-bond donors (Lipinski definition) is 1. The molecular formula is C11H11ClO3. The minimum Gasteiger partial charge on any atom is -0.508 e. The highest BCUT2D eigenvalue weighted by molar-refractivity contribution is 6.32. The number of halogens is 1. The maximum absolute atomic E-state index is 10.8. The third-order valence-corrected chi connectivity index (χ3v) is 2.13. The number of benzene rings is 1. The van der Waals surface area contributed by atoms with Crippen LogP contribution in [0.5, 0.6) is 5.75 Å². The topological polar surface area (TPSA) is 46.5 Å². The molecule has 0 aliphatic carbocycles. The Morgan fingerprint density at radius 1 is 1.60 bits per heavy atom. The second-order valence-corrected chi connectivity index (χ2v) is 3.30. The molecule has 4 heteroatoms. The summed E-state index contributed by atoms with van der Waals surface area (Å²) < 4.78 is 4.47. The van der Waals surface area contributed by atoms with E-state index < -0.39 is 0 Å². The second kappa shape index (κ2) is 5.41. The molecule has 15 heavy (non-hydrogen) atoms. The van der Waals surface area contributed by atoms with Gasteiger partial charge in [0.25, 0.3) is 0 Å². The van der Waals surface area contributed by atoms with E-state index in [4.69, 9.17) is 11.6 Å².